The van der Waals surface area contributed by atoms with Crippen molar-refractivity contribution in [1.82, 2.24) is 10.3 Å². The van der Waals surface area contributed by atoms with Crippen LogP contribution >= 0.6 is 0 Å². The molecule has 1 heterocycles. The van der Waals surface area contributed by atoms with Crippen molar-refractivity contribution in [3.8, 4) is 0 Å². The lowest BCUT2D eigenvalue weighted by molar-refractivity contribution is -0.153. The van der Waals surface area contributed by atoms with Crippen LogP contribution < -0.4 is 5.43 Å². The summed E-state index contributed by atoms with van der Waals surface area (Å²) in [6.45, 7) is 0.307. The van der Waals surface area contributed by atoms with Crippen LogP contribution in [0.3, 0.4) is 0 Å². The Morgan fingerprint density at radius 1 is 0.833 bits per heavy atom. The molecule has 8 heteroatoms. The molecular formula is C28H26FN3O4. The number of hydrazone groups is 1. The molecule has 0 unspecified atom stereocenters. The van der Waals surface area contributed by atoms with Gasteiger partial charge in [0.15, 0.2) is 6.61 Å². The number of halogens is 1. The fraction of sp³-hybridized carbons (Fsp3) is 0.214. The van der Waals surface area contributed by atoms with Crippen molar-refractivity contribution in [2.75, 3.05) is 19.7 Å². The van der Waals surface area contributed by atoms with E-state index in [-0.39, 0.29) is 5.91 Å². The molecule has 1 aliphatic heterocycles. The second-order valence-electron chi connectivity index (χ2n) is 8.41. The summed E-state index contributed by atoms with van der Waals surface area (Å²) in [4.78, 5) is 39.0. The van der Waals surface area contributed by atoms with Gasteiger partial charge in [0.1, 0.15) is 5.82 Å². The number of carbonyl (C=O) groups excluding carboxylic acids is 3. The van der Waals surface area contributed by atoms with Crippen molar-refractivity contribution < 1.29 is 23.5 Å². The van der Waals surface area contributed by atoms with Crippen LogP contribution in [-0.2, 0) is 14.3 Å². The number of piperidine rings is 1. The largest absolute Gasteiger partial charge is 0.455 e. The minimum Gasteiger partial charge on any atom is -0.455 e. The quantitative estimate of drug-likeness (QED) is 0.312. The summed E-state index contributed by atoms with van der Waals surface area (Å²) in [5.74, 6) is -2.03. The summed E-state index contributed by atoms with van der Waals surface area (Å²) in [5.41, 5.74) is 5.14. The molecule has 4 rings (SSSR count). The maximum absolute atomic E-state index is 13.1. The number of likely N-dealkylation sites (tertiary alicyclic amines) is 1. The van der Waals surface area contributed by atoms with Crippen LogP contribution in [0.25, 0.3) is 0 Å². The van der Waals surface area contributed by atoms with Crippen molar-refractivity contribution in [2.24, 2.45) is 11.0 Å². The monoisotopic (exact) mass is 487 g/mol. The molecule has 0 aromatic heterocycles. The van der Waals surface area contributed by atoms with Crippen molar-refractivity contribution in [3.63, 3.8) is 0 Å². The van der Waals surface area contributed by atoms with E-state index in [1.54, 1.807) is 4.90 Å². The lowest BCUT2D eigenvalue weighted by atomic mass is 9.96. The van der Waals surface area contributed by atoms with Gasteiger partial charge in [0, 0.05) is 29.8 Å². The molecule has 1 saturated heterocycles. The van der Waals surface area contributed by atoms with Gasteiger partial charge in [-0.1, -0.05) is 60.7 Å². The molecule has 1 aliphatic rings. The molecule has 0 atom stereocenters. The number of amides is 2. The van der Waals surface area contributed by atoms with Crippen LogP contribution in [0.4, 0.5) is 4.39 Å². The molecule has 0 bridgehead atoms. The Balaban J connectivity index is 1.27. The predicted octanol–water partition coefficient (Wildman–Crippen LogP) is 3.79. The molecule has 0 saturated carbocycles. The van der Waals surface area contributed by atoms with Crippen LogP contribution in [0.5, 0.6) is 0 Å². The molecule has 3 aromatic carbocycles. The highest BCUT2D eigenvalue weighted by atomic mass is 19.1. The smallest absolute Gasteiger partial charge is 0.309 e. The van der Waals surface area contributed by atoms with Gasteiger partial charge in [-0.25, -0.2) is 9.82 Å². The van der Waals surface area contributed by atoms with E-state index in [0.29, 0.717) is 37.2 Å². The minimum absolute atomic E-state index is 0.202. The van der Waals surface area contributed by atoms with E-state index in [9.17, 15) is 18.8 Å². The first kappa shape index (κ1) is 24.8. The molecule has 7 nitrogen and oxygen atoms in total. The van der Waals surface area contributed by atoms with Crippen LogP contribution in [0.2, 0.25) is 0 Å². The fourth-order valence-electron chi connectivity index (χ4n) is 3.99. The van der Waals surface area contributed by atoms with Crippen LogP contribution in [-0.4, -0.2) is 48.1 Å². The highest BCUT2D eigenvalue weighted by Gasteiger charge is 2.29. The van der Waals surface area contributed by atoms with E-state index in [1.807, 2.05) is 60.7 Å². The Morgan fingerprint density at radius 3 is 1.94 bits per heavy atom. The number of rotatable bonds is 7. The zero-order valence-corrected chi connectivity index (χ0v) is 19.6. The third kappa shape index (κ3) is 6.41. The Morgan fingerprint density at radius 2 is 1.39 bits per heavy atom. The molecule has 36 heavy (non-hydrogen) atoms. The van der Waals surface area contributed by atoms with E-state index in [0.717, 1.165) is 11.1 Å². The minimum atomic E-state index is -0.545. The van der Waals surface area contributed by atoms with E-state index >= 15 is 0 Å². The molecule has 184 valence electrons. The van der Waals surface area contributed by atoms with E-state index in [4.69, 9.17) is 4.74 Å². The molecule has 1 fully saturated rings. The van der Waals surface area contributed by atoms with Crippen molar-refractivity contribution in [3.05, 3.63) is 107 Å². The zero-order valence-electron chi connectivity index (χ0n) is 19.6. The molecule has 3 aromatic rings. The van der Waals surface area contributed by atoms with Crippen molar-refractivity contribution in [1.29, 1.82) is 0 Å². The van der Waals surface area contributed by atoms with Gasteiger partial charge in [-0.05, 0) is 37.1 Å². The first-order valence-corrected chi connectivity index (χ1v) is 11.7. The van der Waals surface area contributed by atoms with Gasteiger partial charge >= 0.3 is 5.97 Å². The lowest BCUT2D eigenvalue weighted by Gasteiger charge is -2.31. The van der Waals surface area contributed by atoms with Gasteiger partial charge in [0.2, 0.25) is 0 Å². The second kappa shape index (κ2) is 11.9. The molecule has 0 aliphatic carbocycles. The predicted molar refractivity (Wildman–Crippen MR) is 133 cm³/mol. The maximum Gasteiger partial charge on any atom is 0.309 e. The maximum atomic E-state index is 13.1. The first-order chi connectivity index (χ1) is 17.5. The highest BCUT2D eigenvalue weighted by Crippen LogP contribution is 2.20. The van der Waals surface area contributed by atoms with Gasteiger partial charge in [-0.3, -0.25) is 14.4 Å². The van der Waals surface area contributed by atoms with Gasteiger partial charge in [-0.2, -0.15) is 5.10 Å². The first-order valence-electron chi connectivity index (χ1n) is 11.7. The molecule has 2 amide bonds. The number of carbonyl (C=O) groups is 3. The summed E-state index contributed by atoms with van der Waals surface area (Å²) in [7, 11) is 0. The fourth-order valence-corrected chi connectivity index (χ4v) is 3.99. The number of esters is 1. The molecule has 1 N–H and O–H groups in total. The zero-order chi connectivity index (χ0) is 25.3. The topological polar surface area (TPSA) is 88.1 Å². The molecule has 0 spiro atoms. The number of benzene rings is 3. The van der Waals surface area contributed by atoms with E-state index in [1.165, 1.54) is 24.3 Å². The lowest BCUT2D eigenvalue weighted by Crippen LogP contribution is -2.41. The summed E-state index contributed by atoms with van der Waals surface area (Å²) in [6, 6.07) is 24.3. The van der Waals surface area contributed by atoms with Crippen molar-refractivity contribution in [2.45, 2.75) is 12.8 Å². The Labute approximate surface area is 208 Å². The molecule has 0 radical (unpaired) electrons. The van der Waals surface area contributed by atoms with Gasteiger partial charge < -0.3 is 9.64 Å². The number of nitrogens with zero attached hydrogens (tertiary/aromatic N) is 2. The SMILES string of the molecule is O=C(COC(=O)C1CCN(C(=O)c2ccc(F)cc2)CC1)NN=C(c1ccccc1)c1ccccc1. The number of ether oxygens (including phenoxy) is 1. The average molecular weight is 488 g/mol. The summed E-state index contributed by atoms with van der Waals surface area (Å²) < 4.78 is 18.3. The highest BCUT2D eigenvalue weighted by molar-refractivity contribution is 6.13. The van der Waals surface area contributed by atoms with Gasteiger partial charge in [-0.15, -0.1) is 0 Å². The standard InChI is InChI=1S/C28H26FN3O4/c29-24-13-11-22(12-14-24)27(34)32-17-15-23(16-18-32)28(35)36-19-25(33)30-31-26(20-7-3-1-4-8-20)21-9-5-2-6-10-21/h1-14,23H,15-19H2,(H,30,33). The van der Waals surface area contributed by atoms with Gasteiger partial charge in [0.05, 0.1) is 11.6 Å². The van der Waals surface area contributed by atoms with E-state index < -0.39 is 30.2 Å². The second-order valence-corrected chi connectivity index (χ2v) is 8.41. The van der Waals surface area contributed by atoms with Crippen LogP contribution in [0.1, 0.15) is 34.3 Å². The normalized spacial score (nSPS) is 13.5. The third-order valence-electron chi connectivity index (χ3n) is 5.94. The van der Waals surface area contributed by atoms with Crippen LogP contribution in [0.15, 0.2) is 90.0 Å². The van der Waals surface area contributed by atoms with Crippen LogP contribution in [0, 0.1) is 11.7 Å². The summed E-state index contributed by atoms with van der Waals surface area (Å²) in [6.07, 6.45) is 0.857. The number of hydrogen-bond donors (Lipinski definition) is 1. The molecular weight excluding hydrogens is 461 g/mol. The Hall–Kier alpha value is -4.33. The van der Waals surface area contributed by atoms with Gasteiger partial charge in [0.25, 0.3) is 11.8 Å². The average Bonchev–Trinajstić information content (AvgIpc) is 2.93. The van der Waals surface area contributed by atoms with Crippen molar-refractivity contribution >= 4 is 23.5 Å². The third-order valence-corrected chi connectivity index (χ3v) is 5.94. The number of hydrogen-bond acceptors (Lipinski definition) is 5. The number of nitrogens with one attached hydrogen (secondary N) is 1. The van der Waals surface area contributed by atoms with E-state index in [2.05, 4.69) is 10.5 Å². The summed E-state index contributed by atoms with van der Waals surface area (Å²) in [5, 5.41) is 4.28. The summed E-state index contributed by atoms with van der Waals surface area (Å²) >= 11 is 0. The Bertz CT molecular complexity index is 1180. The Kier molecular flexibility index (Phi) is 8.18.